The highest BCUT2D eigenvalue weighted by Gasteiger charge is 2.25. The molecule has 0 aliphatic carbocycles. The number of unbranched alkanes of at least 4 members (excludes halogenated alkanes) is 1. The molecule has 2 aromatic carbocycles. The Morgan fingerprint density at radius 1 is 0.741 bits per heavy atom. The van der Waals surface area contributed by atoms with Gasteiger partial charge in [-0.1, -0.05) is 48.7 Å². The van der Waals surface area contributed by atoms with Crippen molar-refractivity contribution < 1.29 is 29.6 Å². The van der Waals surface area contributed by atoms with E-state index in [1.165, 1.54) is 15.9 Å². The third kappa shape index (κ3) is 8.13. The van der Waals surface area contributed by atoms with Gasteiger partial charge in [0.15, 0.2) is 5.75 Å². The highest BCUT2D eigenvalue weighted by molar-refractivity contribution is 7.17. The minimum Gasteiger partial charge on any atom is -0.502 e. The number of carbonyl (C=O) groups is 2. The minimum atomic E-state index is -1.34. The zero-order chi connectivity index (χ0) is 41.1. The van der Waals surface area contributed by atoms with Crippen LogP contribution in [0.2, 0.25) is 10.0 Å². The summed E-state index contributed by atoms with van der Waals surface area (Å²) in [6.07, 6.45) is 8.45. The van der Waals surface area contributed by atoms with Crippen LogP contribution in [0, 0.1) is 0 Å². The molecule has 0 aliphatic rings. The third-order valence-corrected chi connectivity index (χ3v) is 11.3. The van der Waals surface area contributed by atoms with E-state index in [2.05, 4.69) is 10.2 Å². The van der Waals surface area contributed by atoms with Crippen LogP contribution in [-0.2, 0) is 13.1 Å². The molecule has 8 aromatic rings. The maximum atomic E-state index is 13.3. The summed E-state index contributed by atoms with van der Waals surface area (Å²) in [6.45, 7) is 2.66. The van der Waals surface area contributed by atoms with Crippen molar-refractivity contribution in [1.82, 2.24) is 28.7 Å². The molecule has 0 atom stereocenters. The number of hydrogen-bond acceptors (Lipinski definition) is 10. The number of benzene rings is 2. The molecule has 0 bridgehead atoms. The number of aromatic carboxylic acids is 2. The number of hydrogen-bond donors (Lipinski definition) is 3. The van der Waals surface area contributed by atoms with Gasteiger partial charge in [0, 0.05) is 33.6 Å². The van der Waals surface area contributed by atoms with Crippen LogP contribution in [0.15, 0.2) is 106 Å². The molecule has 0 fully saturated rings. The number of ether oxygens (including phenoxy) is 1. The highest BCUT2D eigenvalue weighted by atomic mass is 35.5. The quantitative estimate of drug-likeness (QED) is 0.101. The Kier molecular flexibility index (Phi) is 11.8. The average molecular weight is 860 g/mol. The summed E-state index contributed by atoms with van der Waals surface area (Å²) >= 11 is 14.5. The summed E-state index contributed by atoms with van der Waals surface area (Å²) in [5, 5.41) is 42.5. The second-order valence-corrected chi connectivity index (χ2v) is 15.5. The van der Waals surface area contributed by atoms with Gasteiger partial charge < -0.3 is 20.1 Å². The monoisotopic (exact) mass is 858 g/mol. The summed E-state index contributed by atoms with van der Waals surface area (Å²) in [7, 11) is 0. The molecule has 14 nitrogen and oxygen atoms in total. The fraction of sp³-hybridized carbons (Fsp3) is 0.150. The molecule has 58 heavy (non-hydrogen) atoms. The number of halogens is 2. The van der Waals surface area contributed by atoms with Crippen LogP contribution < -0.4 is 15.9 Å². The summed E-state index contributed by atoms with van der Waals surface area (Å²) < 4.78 is 12.7. The maximum Gasteiger partial charge on any atom is 0.341 e. The zero-order valence-corrected chi connectivity index (χ0v) is 33.6. The van der Waals surface area contributed by atoms with E-state index in [0.717, 1.165) is 41.1 Å². The molecule has 18 heteroatoms. The number of aromatic hydroxyl groups is 1. The van der Waals surface area contributed by atoms with Gasteiger partial charge >= 0.3 is 11.9 Å². The number of aromatic nitrogens is 6. The lowest BCUT2D eigenvalue weighted by atomic mass is 10.2. The van der Waals surface area contributed by atoms with E-state index in [9.17, 15) is 34.5 Å². The van der Waals surface area contributed by atoms with E-state index in [1.807, 2.05) is 31.3 Å². The predicted octanol–water partition coefficient (Wildman–Crippen LogP) is 8.18. The first-order chi connectivity index (χ1) is 27.9. The van der Waals surface area contributed by atoms with Gasteiger partial charge in [0.2, 0.25) is 5.75 Å². The van der Waals surface area contributed by atoms with Crippen molar-refractivity contribution in [2.24, 2.45) is 0 Å². The normalized spacial score (nSPS) is 11.2. The standard InChI is InChI=1S/C22H20ClN3O4S.C18H12ClN3O4S/c1-2-3-8-30-19-18(22(28)29)20-17(7-9-31-20)25(21(19)27)12-14-11-24-26(13-14)16-6-4-5-15(23)10-16;19-11-2-1-3-12(6-11)22-9-10(7-20-22)8-21-13-4-5-27-16(13)14(18(25)26)15(23)17(21)24/h4-7,9-11,13H,2-3,8,12H2,1H3,(H,28,29);1-7,9,23H,8H2,(H,25,26). The number of fused-ring (bicyclic) bond motifs is 2. The fourth-order valence-corrected chi connectivity index (χ4v) is 8.46. The first kappa shape index (κ1) is 40.0. The van der Waals surface area contributed by atoms with Crippen LogP contribution >= 0.6 is 45.9 Å². The molecule has 6 heterocycles. The molecule has 3 N–H and O–H groups in total. The summed E-state index contributed by atoms with van der Waals surface area (Å²) in [4.78, 5) is 49.2. The molecular formula is C40H32Cl2N6O8S2. The molecule has 0 saturated heterocycles. The molecule has 0 saturated carbocycles. The van der Waals surface area contributed by atoms with E-state index in [4.69, 9.17) is 27.9 Å². The second kappa shape index (κ2) is 17.1. The Morgan fingerprint density at radius 2 is 1.24 bits per heavy atom. The molecule has 8 rings (SSSR count). The number of carboxylic acids is 2. The van der Waals surface area contributed by atoms with Gasteiger partial charge in [-0.2, -0.15) is 10.2 Å². The molecule has 0 amide bonds. The van der Waals surface area contributed by atoms with Crippen LogP contribution in [0.3, 0.4) is 0 Å². The first-order valence-electron chi connectivity index (χ1n) is 17.6. The minimum absolute atomic E-state index is 0.0722. The lowest BCUT2D eigenvalue weighted by molar-refractivity contribution is 0.0683. The van der Waals surface area contributed by atoms with Crippen molar-refractivity contribution in [1.29, 1.82) is 0 Å². The molecular weight excluding hydrogens is 828 g/mol. The topological polar surface area (TPSA) is 184 Å². The number of carboxylic acid groups (broad SMARTS) is 2. The van der Waals surface area contributed by atoms with E-state index < -0.39 is 28.8 Å². The summed E-state index contributed by atoms with van der Waals surface area (Å²) in [5.41, 5.74) is 2.43. The Bertz CT molecular complexity index is 2940. The Morgan fingerprint density at radius 3 is 1.72 bits per heavy atom. The number of pyridine rings is 2. The van der Waals surface area contributed by atoms with Crippen LogP contribution in [-0.4, -0.2) is 62.6 Å². The smallest absolute Gasteiger partial charge is 0.341 e. The van der Waals surface area contributed by atoms with Gasteiger partial charge in [0.1, 0.15) is 11.1 Å². The van der Waals surface area contributed by atoms with E-state index >= 15 is 0 Å². The molecule has 6 aromatic heterocycles. The van der Waals surface area contributed by atoms with Crippen LogP contribution in [0.25, 0.3) is 31.8 Å². The van der Waals surface area contributed by atoms with Gasteiger partial charge in [-0.15, -0.1) is 22.7 Å². The maximum absolute atomic E-state index is 13.3. The number of rotatable bonds is 12. The Labute approximate surface area is 346 Å². The largest absolute Gasteiger partial charge is 0.502 e. The highest BCUT2D eigenvalue weighted by Crippen LogP contribution is 2.31. The van der Waals surface area contributed by atoms with Crippen LogP contribution in [0.4, 0.5) is 0 Å². The lowest BCUT2D eigenvalue weighted by Crippen LogP contribution is -2.25. The van der Waals surface area contributed by atoms with Crippen LogP contribution in [0.1, 0.15) is 51.6 Å². The SMILES string of the molecule is CCCCOc1c(C(=O)O)c2sccc2n(Cc2cnn(-c3cccc(Cl)c3)c2)c1=O.O=C(O)c1c(O)c(=O)n(Cc2cnn(-c3cccc(Cl)c3)c2)c2ccsc12. The molecule has 0 radical (unpaired) electrons. The Hall–Kier alpha value is -6.20. The Balaban J connectivity index is 0.000000178. The van der Waals surface area contributed by atoms with Crippen molar-refractivity contribution in [3.05, 3.63) is 149 Å². The van der Waals surface area contributed by atoms with Gasteiger partial charge in [-0.3, -0.25) is 18.7 Å². The molecule has 296 valence electrons. The van der Waals surface area contributed by atoms with Crippen LogP contribution in [0.5, 0.6) is 11.5 Å². The fourth-order valence-electron chi connectivity index (χ4n) is 6.23. The van der Waals surface area contributed by atoms with Crippen molar-refractivity contribution in [2.45, 2.75) is 32.9 Å². The summed E-state index contributed by atoms with van der Waals surface area (Å²) in [5.74, 6) is -3.38. The van der Waals surface area contributed by atoms with Gasteiger partial charge in [-0.05, 0) is 65.7 Å². The summed E-state index contributed by atoms with van der Waals surface area (Å²) in [6, 6.07) is 17.9. The van der Waals surface area contributed by atoms with Crippen molar-refractivity contribution >= 4 is 78.2 Å². The van der Waals surface area contributed by atoms with E-state index in [0.29, 0.717) is 36.0 Å². The number of nitrogens with zero attached hydrogens (tertiary/aromatic N) is 6. The van der Waals surface area contributed by atoms with Gasteiger partial charge in [0.25, 0.3) is 11.1 Å². The lowest BCUT2D eigenvalue weighted by Gasteiger charge is -2.14. The second-order valence-electron chi connectivity index (χ2n) is 12.8. The predicted molar refractivity (Wildman–Crippen MR) is 224 cm³/mol. The number of thiophene rings is 2. The van der Waals surface area contributed by atoms with Gasteiger partial charge in [0.05, 0.1) is 63.9 Å². The van der Waals surface area contributed by atoms with Crippen molar-refractivity contribution in [2.75, 3.05) is 6.61 Å². The third-order valence-electron chi connectivity index (χ3n) is 8.95. The molecule has 0 aliphatic heterocycles. The molecule has 0 spiro atoms. The van der Waals surface area contributed by atoms with Gasteiger partial charge in [-0.25, -0.2) is 19.0 Å². The van der Waals surface area contributed by atoms with Crippen molar-refractivity contribution in [3.8, 4) is 22.9 Å². The average Bonchev–Trinajstić information content (AvgIpc) is 4.03. The van der Waals surface area contributed by atoms with E-state index in [1.54, 1.807) is 85.7 Å². The van der Waals surface area contributed by atoms with E-state index in [-0.39, 0.29) is 36.6 Å². The first-order valence-corrected chi connectivity index (χ1v) is 20.1. The van der Waals surface area contributed by atoms with Crippen molar-refractivity contribution in [3.63, 3.8) is 0 Å². The zero-order valence-electron chi connectivity index (χ0n) is 30.4. The molecule has 0 unspecified atom stereocenters.